The van der Waals surface area contributed by atoms with Crippen molar-refractivity contribution in [2.75, 3.05) is 32.7 Å². The third-order valence-electron chi connectivity index (χ3n) is 5.24. The van der Waals surface area contributed by atoms with Gasteiger partial charge in [0.2, 0.25) is 0 Å². The van der Waals surface area contributed by atoms with Gasteiger partial charge in [0, 0.05) is 44.6 Å². The van der Waals surface area contributed by atoms with Gasteiger partial charge < -0.3 is 5.11 Å². The first-order chi connectivity index (χ1) is 10.5. The van der Waals surface area contributed by atoms with Gasteiger partial charge in [-0.15, -0.1) is 11.3 Å². The maximum atomic E-state index is 10.8. The fraction of sp³-hybridized carbons (Fsp3) is 0.824. The molecule has 2 aliphatic rings. The number of hydrogen-bond acceptors (Lipinski definition) is 5. The highest BCUT2D eigenvalue weighted by molar-refractivity contribution is 7.09. The fourth-order valence-corrected chi connectivity index (χ4v) is 4.29. The van der Waals surface area contributed by atoms with Crippen LogP contribution in [0.4, 0.5) is 0 Å². The van der Waals surface area contributed by atoms with Gasteiger partial charge in [-0.3, -0.25) is 9.80 Å². The fourth-order valence-electron chi connectivity index (χ4n) is 3.69. The number of aliphatic hydroxyl groups is 1. The normalized spacial score (nSPS) is 31.5. The molecule has 0 amide bonds. The van der Waals surface area contributed by atoms with Gasteiger partial charge in [-0.1, -0.05) is 6.92 Å². The summed E-state index contributed by atoms with van der Waals surface area (Å²) in [7, 11) is 0. The minimum Gasteiger partial charge on any atom is -0.389 e. The first-order valence-corrected chi connectivity index (χ1v) is 9.48. The molecule has 1 aromatic rings. The molecule has 1 saturated carbocycles. The second-order valence-electron chi connectivity index (χ2n) is 7.32. The third kappa shape index (κ3) is 4.28. The maximum absolute atomic E-state index is 10.8. The molecule has 124 valence electrons. The van der Waals surface area contributed by atoms with Gasteiger partial charge in [0.1, 0.15) is 0 Å². The van der Waals surface area contributed by atoms with Crippen LogP contribution < -0.4 is 0 Å². The highest BCUT2D eigenvalue weighted by Gasteiger charge is 2.34. The lowest BCUT2D eigenvalue weighted by molar-refractivity contribution is -0.0438. The Morgan fingerprint density at radius 3 is 2.45 bits per heavy atom. The minimum atomic E-state index is -0.430. The summed E-state index contributed by atoms with van der Waals surface area (Å²) in [5.74, 6) is 0.790. The zero-order valence-corrected chi connectivity index (χ0v) is 14.7. The van der Waals surface area contributed by atoms with E-state index in [-0.39, 0.29) is 0 Å². The molecule has 0 aromatic carbocycles. The summed E-state index contributed by atoms with van der Waals surface area (Å²) < 4.78 is 0. The van der Waals surface area contributed by atoms with Crippen molar-refractivity contribution in [3.63, 3.8) is 0 Å². The summed E-state index contributed by atoms with van der Waals surface area (Å²) in [6, 6.07) is 0. The molecule has 1 N–H and O–H groups in total. The van der Waals surface area contributed by atoms with Gasteiger partial charge in [0.25, 0.3) is 0 Å². The van der Waals surface area contributed by atoms with Gasteiger partial charge >= 0.3 is 0 Å². The summed E-state index contributed by atoms with van der Waals surface area (Å²) in [6.07, 6.45) is 4.32. The first kappa shape index (κ1) is 16.4. The molecule has 0 unspecified atom stereocenters. The Morgan fingerprint density at radius 2 is 1.86 bits per heavy atom. The van der Waals surface area contributed by atoms with Crippen LogP contribution in [0.1, 0.15) is 43.3 Å². The molecule has 1 saturated heterocycles. The number of rotatable bonds is 4. The number of hydrogen-bond donors (Lipinski definition) is 1. The van der Waals surface area contributed by atoms with Gasteiger partial charge in [-0.2, -0.15) is 0 Å². The van der Waals surface area contributed by atoms with Crippen molar-refractivity contribution < 1.29 is 5.11 Å². The van der Waals surface area contributed by atoms with E-state index in [1.807, 2.05) is 0 Å². The van der Waals surface area contributed by atoms with Crippen molar-refractivity contribution in [2.24, 2.45) is 5.92 Å². The molecule has 1 aromatic heterocycles. The van der Waals surface area contributed by atoms with E-state index in [1.165, 1.54) is 18.5 Å². The van der Waals surface area contributed by atoms with Gasteiger partial charge in [0.05, 0.1) is 16.3 Å². The van der Waals surface area contributed by atoms with Crippen molar-refractivity contribution >= 4 is 11.3 Å². The second-order valence-corrected chi connectivity index (χ2v) is 8.38. The Labute approximate surface area is 138 Å². The molecule has 2 fully saturated rings. The Balaban J connectivity index is 1.43. The summed E-state index contributed by atoms with van der Waals surface area (Å²) in [6.45, 7) is 10.5. The maximum Gasteiger partial charge on any atom is 0.0897 e. The predicted molar refractivity (Wildman–Crippen MR) is 91.1 cm³/mol. The average Bonchev–Trinajstić information content (AvgIpc) is 2.90. The summed E-state index contributed by atoms with van der Waals surface area (Å²) in [5.41, 5.74) is 0.775. The van der Waals surface area contributed by atoms with E-state index in [2.05, 4.69) is 34.0 Å². The van der Waals surface area contributed by atoms with E-state index >= 15 is 0 Å². The SMILES string of the molecule is Cc1nc(CN2CCN(CC3(O)CCC(C)CC3)CC2)cs1. The minimum absolute atomic E-state index is 0.430. The Kier molecular flexibility index (Phi) is 5.17. The third-order valence-corrected chi connectivity index (χ3v) is 6.06. The Hall–Kier alpha value is -0.490. The number of aryl methyl sites for hydroxylation is 1. The number of nitrogens with zero attached hydrogens (tertiary/aromatic N) is 3. The van der Waals surface area contributed by atoms with E-state index in [4.69, 9.17) is 0 Å². The molecular weight excluding hydrogens is 294 g/mol. The number of thiazole rings is 1. The van der Waals surface area contributed by atoms with Crippen LogP contribution in [0.15, 0.2) is 5.38 Å². The number of piperazine rings is 1. The molecule has 0 bridgehead atoms. The Bertz CT molecular complexity index is 474. The lowest BCUT2D eigenvalue weighted by Gasteiger charge is -2.42. The Morgan fingerprint density at radius 1 is 1.23 bits per heavy atom. The monoisotopic (exact) mass is 323 g/mol. The van der Waals surface area contributed by atoms with Gasteiger partial charge in [-0.05, 0) is 38.5 Å². The summed E-state index contributed by atoms with van der Waals surface area (Å²) in [4.78, 5) is 9.50. The molecule has 0 radical (unpaired) electrons. The number of β-amino-alcohol motifs (C(OH)–C–C–N with tert-alkyl or cyclic N) is 1. The van der Waals surface area contributed by atoms with E-state index in [9.17, 15) is 5.11 Å². The van der Waals surface area contributed by atoms with Crippen LogP contribution in [0.3, 0.4) is 0 Å². The van der Waals surface area contributed by atoms with Crippen LogP contribution in [0, 0.1) is 12.8 Å². The largest absolute Gasteiger partial charge is 0.389 e. The van der Waals surface area contributed by atoms with E-state index < -0.39 is 5.60 Å². The molecule has 4 nitrogen and oxygen atoms in total. The van der Waals surface area contributed by atoms with Crippen molar-refractivity contribution in [3.05, 3.63) is 16.1 Å². The highest BCUT2D eigenvalue weighted by atomic mass is 32.1. The predicted octanol–water partition coefficient (Wildman–Crippen LogP) is 2.51. The summed E-state index contributed by atoms with van der Waals surface area (Å²) in [5, 5.41) is 14.1. The van der Waals surface area contributed by atoms with Crippen LogP contribution in [0.5, 0.6) is 0 Å². The van der Waals surface area contributed by atoms with Crippen LogP contribution in [-0.2, 0) is 6.54 Å². The molecule has 22 heavy (non-hydrogen) atoms. The molecule has 0 atom stereocenters. The molecule has 2 heterocycles. The lowest BCUT2D eigenvalue weighted by atomic mass is 9.79. The van der Waals surface area contributed by atoms with E-state index in [0.29, 0.717) is 0 Å². The molecule has 1 aliphatic carbocycles. The van der Waals surface area contributed by atoms with Crippen LogP contribution in [-0.4, -0.2) is 58.2 Å². The standard InChI is InChI=1S/C17H29N3OS/c1-14-3-5-17(21,6-4-14)13-20-9-7-19(8-10-20)11-16-12-22-15(2)18-16/h12,14,21H,3-11,13H2,1-2H3. The van der Waals surface area contributed by atoms with Crippen LogP contribution in [0.25, 0.3) is 0 Å². The molecular formula is C17H29N3OS. The van der Waals surface area contributed by atoms with Crippen molar-refractivity contribution in [3.8, 4) is 0 Å². The zero-order valence-electron chi connectivity index (χ0n) is 13.9. The van der Waals surface area contributed by atoms with Gasteiger partial charge in [0.15, 0.2) is 0 Å². The smallest absolute Gasteiger partial charge is 0.0897 e. The van der Waals surface area contributed by atoms with Crippen molar-refractivity contribution in [2.45, 2.75) is 51.7 Å². The average molecular weight is 324 g/mol. The van der Waals surface area contributed by atoms with E-state index in [1.54, 1.807) is 11.3 Å². The van der Waals surface area contributed by atoms with Crippen LogP contribution in [0.2, 0.25) is 0 Å². The summed E-state index contributed by atoms with van der Waals surface area (Å²) >= 11 is 1.74. The topological polar surface area (TPSA) is 39.6 Å². The highest BCUT2D eigenvalue weighted by Crippen LogP contribution is 2.32. The van der Waals surface area contributed by atoms with Gasteiger partial charge in [-0.25, -0.2) is 4.98 Å². The molecule has 5 heteroatoms. The molecule has 1 aliphatic heterocycles. The molecule has 3 rings (SSSR count). The first-order valence-electron chi connectivity index (χ1n) is 8.60. The zero-order chi connectivity index (χ0) is 15.6. The van der Waals surface area contributed by atoms with Crippen LogP contribution >= 0.6 is 11.3 Å². The second kappa shape index (κ2) is 6.95. The molecule has 0 spiro atoms. The number of aromatic nitrogens is 1. The van der Waals surface area contributed by atoms with E-state index in [0.717, 1.165) is 63.0 Å². The van der Waals surface area contributed by atoms with Crippen molar-refractivity contribution in [1.82, 2.24) is 14.8 Å². The van der Waals surface area contributed by atoms with Crippen molar-refractivity contribution in [1.29, 1.82) is 0 Å². The quantitative estimate of drug-likeness (QED) is 0.924. The lowest BCUT2D eigenvalue weighted by Crippen LogP contribution is -2.52.